The highest BCUT2D eigenvalue weighted by molar-refractivity contribution is 6.91. The van der Waals surface area contributed by atoms with Crippen molar-refractivity contribution in [2.75, 3.05) is 36.6 Å². The molecule has 0 radical (unpaired) electrons. The van der Waals surface area contributed by atoms with Gasteiger partial charge in [0.15, 0.2) is 5.60 Å². The predicted molar refractivity (Wildman–Crippen MR) is 229 cm³/mol. The van der Waals surface area contributed by atoms with Gasteiger partial charge in [0.1, 0.15) is 5.75 Å². The predicted octanol–water partition coefficient (Wildman–Crippen LogP) is 7.41. The Morgan fingerprint density at radius 2 is 1.75 bits per heavy atom. The fourth-order valence-corrected chi connectivity index (χ4v) is 14.1. The Morgan fingerprint density at radius 3 is 2.42 bits per heavy atom. The molecule has 4 heterocycles. The molecular formula is C47H59N3O6Si. The highest BCUT2D eigenvalue weighted by Gasteiger charge is 2.66. The third kappa shape index (κ3) is 7.52. The lowest BCUT2D eigenvalue weighted by atomic mass is 9.82. The van der Waals surface area contributed by atoms with Gasteiger partial charge in [-0.2, -0.15) is 0 Å². The average molecular weight is 790 g/mol. The van der Waals surface area contributed by atoms with Crippen molar-refractivity contribution in [3.63, 3.8) is 0 Å². The van der Waals surface area contributed by atoms with Crippen molar-refractivity contribution in [3.05, 3.63) is 107 Å². The lowest BCUT2D eigenvalue weighted by Gasteiger charge is -2.39. The van der Waals surface area contributed by atoms with Gasteiger partial charge in [-0.3, -0.25) is 14.4 Å². The number of carbonyl (C=O) groups excluding carboxylic acids is 3. The summed E-state index contributed by atoms with van der Waals surface area (Å²) in [5, 5.41) is 11.7. The topological polar surface area (TPSA) is 99.6 Å². The van der Waals surface area contributed by atoms with E-state index in [0.29, 0.717) is 32.5 Å². The summed E-state index contributed by atoms with van der Waals surface area (Å²) in [6.45, 7) is 14.4. The quantitative estimate of drug-likeness (QED) is 0.152. The third-order valence-electron chi connectivity index (χ3n) is 13.2. The molecule has 0 aliphatic carbocycles. The summed E-state index contributed by atoms with van der Waals surface area (Å²) in [7, 11) is -0.878. The van der Waals surface area contributed by atoms with Crippen LogP contribution < -0.4 is 19.7 Å². The third-order valence-corrected chi connectivity index (χ3v) is 17.5. The Labute approximate surface area is 339 Å². The number of fused-ring (bicyclic) bond motifs is 3. The summed E-state index contributed by atoms with van der Waals surface area (Å²) >= 11 is 0. The van der Waals surface area contributed by atoms with Crippen LogP contribution >= 0.6 is 0 Å². The molecule has 4 aliphatic heterocycles. The summed E-state index contributed by atoms with van der Waals surface area (Å²) in [4.78, 5) is 48.7. The van der Waals surface area contributed by atoms with Gasteiger partial charge in [-0.25, -0.2) is 0 Å². The Kier molecular flexibility index (Phi) is 11.7. The van der Waals surface area contributed by atoms with Crippen LogP contribution in [0.5, 0.6) is 5.75 Å². The average Bonchev–Trinajstić information content (AvgIpc) is 3.84. The van der Waals surface area contributed by atoms with E-state index >= 15 is 4.79 Å². The number of nitrogens with zero attached hydrogens (tertiary/aromatic N) is 3. The van der Waals surface area contributed by atoms with Gasteiger partial charge in [0, 0.05) is 43.2 Å². The lowest BCUT2D eigenvalue weighted by Crippen LogP contribution is -2.52. The number of hydrogen-bond acceptors (Lipinski definition) is 6. The molecule has 1 spiro atoms. The molecule has 0 unspecified atom stereocenters. The first-order valence-electron chi connectivity index (χ1n) is 20.7. The maximum absolute atomic E-state index is 15.4. The van der Waals surface area contributed by atoms with Crippen molar-refractivity contribution in [1.29, 1.82) is 0 Å². The molecule has 2 fully saturated rings. The van der Waals surface area contributed by atoms with Crippen molar-refractivity contribution in [2.24, 2.45) is 5.92 Å². The minimum atomic E-state index is -2.54. The number of hydrogen-bond donors (Lipinski definition) is 1. The Hall–Kier alpha value is -4.51. The first-order valence-corrected chi connectivity index (χ1v) is 23.7. The molecule has 3 aromatic carbocycles. The van der Waals surface area contributed by atoms with E-state index in [2.05, 4.69) is 77.2 Å². The van der Waals surface area contributed by atoms with E-state index in [4.69, 9.17) is 9.47 Å². The van der Waals surface area contributed by atoms with Crippen LogP contribution in [0.1, 0.15) is 76.5 Å². The monoisotopic (exact) mass is 789 g/mol. The molecule has 0 saturated carbocycles. The van der Waals surface area contributed by atoms with Crippen LogP contribution in [0.2, 0.25) is 18.6 Å². The zero-order chi connectivity index (χ0) is 40.6. The number of ether oxygens (including phenoxy) is 2. The van der Waals surface area contributed by atoms with Crippen LogP contribution in [-0.2, 0) is 37.7 Å². The lowest BCUT2D eigenvalue weighted by molar-refractivity contribution is -0.150. The number of benzene rings is 3. The van der Waals surface area contributed by atoms with Gasteiger partial charge in [-0.05, 0) is 93.5 Å². The number of aliphatic hydroxyl groups is 1. The van der Waals surface area contributed by atoms with E-state index in [1.54, 1.807) is 7.11 Å². The Bertz CT molecular complexity index is 2070. The van der Waals surface area contributed by atoms with Crippen LogP contribution in [0, 0.1) is 5.92 Å². The van der Waals surface area contributed by atoms with Crippen LogP contribution in [-0.4, -0.2) is 74.8 Å². The number of allylic oxidation sites excluding steroid dienone is 3. The van der Waals surface area contributed by atoms with Gasteiger partial charge in [0.05, 0.1) is 46.0 Å². The van der Waals surface area contributed by atoms with Gasteiger partial charge in [-0.15, -0.1) is 0 Å². The highest BCUT2D eigenvalue weighted by Crippen LogP contribution is 2.60. The fraction of sp³-hybridized carbons (Fsp3) is 0.468. The van der Waals surface area contributed by atoms with Gasteiger partial charge in [0.2, 0.25) is 11.8 Å². The minimum absolute atomic E-state index is 0.0800. The van der Waals surface area contributed by atoms with Gasteiger partial charge < -0.3 is 29.3 Å². The summed E-state index contributed by atoms with van der Waals surface area (Å²) in [6, 6.07) is 22.0. The van der Waals surface area contributed by atoms with E-state index in [1.807, 2.05) is 57.2 Å². The zero-order valence-electron chi connectivity index (χ0n) is 34.7. The molecule has 0 bridgehead atoms. The summed E-state index contributed by atoms with van der Waals surface area (Å²) < 4.78 is 12.9. The molecule has 5 atom stereocenters. The smallest absolute Gasteiger partial charge is 0.264 e. The summed E-state index contributed by atoms with van der Waals surface area (Å²) in [6.07, 6.45) is 7.60. The molecule has 57 heavy (non-hydrogen) atoms. The largest absolute Gasteiger partial charge is 0.497 e. The normalized spacial score (nSPS) is 24.6. The molecule has 3 amide bonds. The van der Waals surface area contributed by atoms with E-state index in [1.165, 1.54) is 16.3 Å². The maximum Gasteiger partial charge on any atom is 0.264 e. The molecule has 302 valence electrons. The van der Waals surface area contributed by atoms with Crippen LogP contribution in [0.15, 0.2) is 90.0 Å². The number of carbonyl (C=O) groups is 3. The molecule has 10 heteroatoms. The standard InChI is InChI=1S/C47H59N3O6Si/c1-31(2)12-10-13-32(3)23-25-49-41-22-17-36(48-24-11-16-43(48)52)27-40(41)47(46(49)54)33(4)45(57(6,7)39-20-18-38(55-5)19-21-39)42(56-47)28-44(53)50-29-35-15-9-8-14-34(35)26-37(50)30-51/h8-9,12,14-15,17-23,27,33,37,42,45,51H,10-11,13,16,24-26,28-30H2,1-7H3/b32-23+/t33-,37-,42+,45-,47+/m0/s1. The minimum Gasteiger partial charge on any atom is -0.497 e. The van der Waals surface area contributed by atoms with Gasteiger partial charge in [-0.1, -0.05) is 84.9 Å². The van der Waals surface area contributed by atoms with Crippen molar-refractivity contribution >= 4 is 42.4 Å². The summed E-state index contributed by atoms with van der Waals surface area (Å²) in [5.41, 5.74) is 5.55. The highest BCUT2D eigenvalue weighted by atomic mass is 28.3. The molecule has 0 aromatic heterocycles. The first-order chi connectivity index (χ1) is 27.3. The fourth-order valence-electron chi connectivity index (χ4n) is 10.0. The Balaban J connectivity index is 1.31. The molecule has 4 aliphatic rings. The van der Waals surface area contributed by atoms with Crippen molar-refractivity contribution in [1.82, 2.24) is 4.90 Å². The SMILES string of the molecule is COc1ccc([Si](C)(C)[C@@H]2[C@@H](CC(=O)N3Cc4ccccc4C[C@H]3CO)O[C@]3(C(=O)N(C/C=C(\C)CCC=C(C)C)c4ccc(N5CCCC5=O)cc43)[C@H]2C)cc1. The van der Waals surface area contributed by atoms with Crippen LogP contribution in [0.4, 0.5) is 11.4 Å². The van der Waals surface area contributed by atoms with Gasteiger partial charge >= 0.3 is 0 Å². The summed E-state index contributed by atoms with van der Waals surface area (Å²) in [5.74, 6) is 0.334. The molecular weight excluding hydrogens is 731 g/mol. The number of aliphatic hydroxyl groups excluding tert-OH is 1. The van der Waals surface area contributed by atoms with E-state index in [9.17, 15) is 14.7 Å². The van der Waals surface area contributed by atoms with Crippen molar-refractivity contribution in [3.8, 4) is 5.75 Å². The number of anilines is 2. The second kappa shape index (κ2) is 16.4. The maximum atomic E-state index is 15.4. The van der Waals surface area contributed by atoms with E-state index in [0.717, 1.165) is 53.1 Å². The Morgan fingerprint density at radius 1 is 1.02 bits per heavy atom. The van der Waals surface area contributed by atoms with Crippen LogP contribution in [0.3, 0.4) is 0 Å². The number of methoxy groups -OCH3 is 1. The van der Waals surface area contributed by atoms with Crippen molar-refractivity contribution in [2.45, 2.75) is 109 Å². The molecule has 3 aromatic rings. The van der Waals surface area contributed by atoms with E-state index in [-0.39, 0.29) is 48.3 Å². The molecule has 7 rings (SSSR count). The molecule has 2 saturated heterocycles. The van der Waals surface area contributed by atoms with Gasteiger partial charge in [0.25, 0.3) is 5.91 Å². The second-order valence-electron chi connectivity index (χ2n) is 17.3. The second-order valence-corrected chi connectivity index (χ2v) is 22.0. The van der Waals surface area contributed by atoms with Crippen molar-refractivity contribution < 1.29 is 29.0 Å². The number of rotatable bonds is 12. The van der Waals surface area contributed by atoms with E-state index < -0.39 is 19.8 Å². The first kappa shape index (κ1) is 40.7. The number of amides is 3. The molecule has 1 N–H and O–H groups in total. The zero-order valence-corrected chi connectivity index (χ0v) is 35.7. The molecule has 9 nitrogen and oxygen atoms in total. The van der Waals surface area contributed by atoms with Crippen LogP contribution in [0.25, 0.3) is 0 Å².